The van der Waals surface area contributed by atoms with E-state index in [-0.39, 0.29) is 24.9 Å². The van der Waals surface area contributed by atoms with E-state index in [0.29, 0.717) is 34.2 Å². The molecule has 422 valence electrons. The summed E-state index contributed by atoms with van der Waals surface area (Å²) in [5.41, 5.74) is 11.5. The number of ether oxygens (including phenoxy) is 2. The zero-order valence-corrected chi connectivity index (χ0v) is 50.1. The van der Waals surface area contributed by atoms with E-state index in [1.807, 2.05) is 12.1 Å². The minimum atomic E-state index is -0.842. The molecule has 7 aromatic carbocycles. The van der Waals surface area contributed by atoms with Crippen molar-refractivity contribution in [2.75, 3.05) is 98.1 Å². The number of nitrogens with zero attached hydrogens (tertiary/aromatic N) is 6. The molecule has 11 rings (SSSR count). The van der Waals surface area contributed by atoms with Gasteiger partial charge in [-0.15, -0.1) is 0 Å². The highest BCUT2D eigenvalue weighted by Crippen LogP contribution is 2.60. The molecular weight excluding hydrogens is 1060 g/mol. The molecular formula is C68H74N8O4S2. The van der Waals surface area contributed by atoms with Gasteiger partial charge in [0.25, 0.3) is 11.8 Å². The number of thiocarbonyl (C=S) groups is 2. The zero-order chi connectivity index (χ0) is 57.5. The number of rotatable bonds is 20. The van der Waals surface area contributed by atoms with Crippen LogP contribution in [0, 0.1) is 0 Å². The lowest BCUT2D eigenvalue weighted by atomic mass is 9.74. The van der Waals surface area contributed by atoms with Gasteiger partial charge in [-0.25, -0.2) is 0 Å². The largest absolute Gasteiger partial charge is 0.456 e. The van der Waals surface area contributed by atoms with Gasteiger partial charge in [-0.1, -0.05) is 103 Å². The van der Waals surface area contributed by atoms with Gasteiger partial charge in [0.2, 0.25) is 0 Å². The van der Waals surface area contributed by atoms with E-state index < -0.39 is 11.1 Å². The molecule has 0 aliphatic carbocycles. The summed E-state index contributed by atoms with van der Waals surface area (Å²) in [4.78, 5) is 43.8. The minimum absolute atomic E-state index is 0.274. The standard InChI is InChI=1S/C68H74N8O4S2/c1-9-71(10-2)47-28-32-55-59(41-47)79-60-42-48(72(11-3)12-4)29-33-56(60)67(55)53-26-19-17-24-51(53)65(81)75(67)38-36-69-63(77)45-22-21-23-46(40-45)64(78)70-37-39-76-66(82)52-25-18-20-27-54(52)68(76)57-34-30-49(73(13-5)14-6)43-61(57)80-62-44-50(31-35-58(62)68)74(15-7)16-8/h17-35,40-44H,9-16,36-39H2,1-8H3,(H,69,77)(H,70,78). The van der Waals surface area contributed by atoms with E-state index >= 15 is 0 Å². The summed E-state index contributed by atoms with van der Waals surface area (Å²) >= 11 is 12.9. The second-order valence-electron chi connectivity index (χ2n) is 21.1. The number of amides is 2. The molecule has 4 aliphatic heterocycles. The number of fused-ring (bicyclic) bond motifs is 12. The molecule has 0 radical (unpaired) electrons. The first kappa shape index (κ1) is 55.9. The summed E-state index contributed by atoms with van der Waals surface area (Å²) in [6, 6.07) is 49.9. The van der Waals surface area contributed by atoms with Crippen molar-refractivity contribution in [2.45, 2.75) is 66.5 Å². The van der Waals surface area contributed by atoms with Gasteiger partial charge in [-0.05, 0) is 109 Å². The van der Waals surface area contributed by atoms with Crippen molar-refractivity contribution in [2.24, 2.45) is 0 Å². The van der Waals surface area contributed by atoms with Crippen molar-refractivity contribution in [3.63, 3.8) is 0 Å². The zero-order valence-electron chi connectivity index (χ0n) is 48.5. The normalized spacial score (nSPS) is 14.4. The molecule has 2 N–H and O–H groups in total. The van der Waals surface area contributed by atoms with Crippen LogP contribution in [0.3, 0.4) is 0 Å². The Labute approximate surface area is 494 Å². The molecule has 14 heteroatoms. The smallest absolute Gasteiger partial charge is 0.251 e. The fourth-order valence-corrected chi connectivity index (χ4v) is 14.2. The van der Waals surface area contributed by atoms with Crippen LogP contribution in [0.1, 0.15) is 121 Å². The van der Waals surface area contributed by atoms with Crippen molar-refractivity contribution < 1.29 is 19.1 Å². The maximum absolute atomic E-state index is 14.3. The molecule has 0 bridgehead atoms. The van der Waals surface area contributed by atoms with Gasteiger partial charge >= 0.3 is 0 Å². The molecule has 2 spiro atoms. The van der Waals surface area contributed by atoms with E-state index in [9.17, 15) is 9.59 Å². The van der Waals surface area contributed by atoms with Crippen molar-refractivity contribution in [1.82, 2.24) is 20.4 Å². The third-order valence-electron chi connectivity index (χ3n) is 17.4. The number of anilines is 4. The third-order valence-corrected chi connectivity index (χ3v) is 18.3. The number of nitrogens with one attached hydrogen (secondary N) is 2. The average molecular weight is 1130 g/mol. The lowest BCUT2D eigenvalue weighted by molar-refractivity contribution is 0.0948. The van der Waals surface area contributed by atoms with Crippen LogP contribution in [-0.2, 0) is 11.1 Å². The second kappa shape index (κ2) is 23.1. The van der Waals surface area contributed by atoms with Crippen LogP contribution in [0.2, 0.25) is 0 Å². The van der Waals surface area contributed by atoms with E-state index in [1.54, 1.807) is 24.3 Å². The Hall–Kier alpha value is -7.94. The Morgan fingerprint density at radius 2 is 0.707 bits per heavy atom. The highest BCUT2D eigenvalue weighted by Gasteiger charge is 2.56. The number of benzene rings is 7. The highest BCUT2D eigenvalue weighted by atomic mass is 32.1. The predicted octanol–water partition coefficient (Wildman–Crippen LogP) is 12.7. The average Bonchev–Trinajstić information content (AvgIpc) is 1.57. The van der Waals surface area contributed by atoms with Gasteiger partial charge in [0, 0.05) is 170 Å². The molecule has 4 heterocycles. The lowest BCUT2D eigenvalue weighted by Gasteiger charge is -2.45. The fourth-order valence-electron chi connectivity index (χ4n) is 13.4. The van der Waals surface area contributed by atoms with Crippen LogP contribution in [-0.4, -0.2) is 110 Å². The highest BCUT2D eigenvalue weighted by molar-refractivity contribution is 7.81. The fraction of sp³-hybridized carbons (Fsp3) is 0.324. The summed E-state index contributed by atoms with van der Waals surface area (Å²) in [5, 5.41) is 6.42. The molecule has 0 fully saturated rings. The summed E-state index contributed by atoms with van der Waals surface area (Å²) in [5.74, 6) is 2.52. The van der Waals surface area contributed by atoms with E-state index in [0.717, 1.165) is 143 Å². The molecule has 4 aliphatic rings. The van der Waals surface area contributed by atoms with E-state index in [4.69, 9.17) is 33.9 Å². The molecule has 12 nitrogen and oxygen atoms in total. The molecule has 0 atom stereocenters. The molecule has 7 aromatic rings. The Morgan fingerprint density at radius 1 is 0.402 bits per heavy atom. The lowest BCUT2D eigenvalue weighted by Crippen LogP contribution is -2.49. The molecule has 0 saturated carbocycles. The van der Waals surface area contributed by atoms with Gasteiger partial charge in [-0.3, -0.25) is 9.59 Å². The van der Waals surface area contributed by atoms with Crippen molar-refractivity contribution in [3.05, 3.63) is 201 Å². The van der Waals surface area contributed by atoms with Crippen LogP contribution in [0.4, 0.5) is 22.7 Å². The van der Waals surface area contributed by atoms with Gasteiger partial charge in [-0.2, -0.15) is 0 Å². The number of hydrogen-bond acceptors (Lipinski definition) is 10. The monoisotopic (exact) mass is 1130 g/mol. The SMILES string of the molecule is CCN(CC)c1ccc2c(c1)Oc1cc(N(CC)CC)ccc1C21c2ccccc2C(=S)N1CCNC(=O)c1cccc(C(=O)NCCN2C(=S)c3ccccc3C23c2ccc(N(CC)CC)cc2Oc2cc(N(CC)CC)ccc23)c1. The van der Waals surface area contributed by atoms with Crippen LogP contribution in [0.5, 0.6) is 23.0 Å². The quantitative estimate of drug-likeness (QED) is 0.0712. The maximum atomic E-state index is 14.3. The maximum Gasteiger partial charge on any atom is 0.251 e. The molecule has 2 amide bonds. The van der Waals surface area contributed by atoms with E-state index in [1.165, 1.54) is 0 Å². The van der Waals surface area contributed by atoms with Crippen molar-refractivity contribution in [1.29, 1.82) is 0 Å². The Balaban J connectivity index is 0.852. The van der Waals surface area contributed by atoms with Gasteiger partial charge < -0.3 is 49.5 Å². The number of carbonyl (C=O) groups excluding carboxylic acids is 2. The number of carbonyl (C=O) groups is 2. The topological polar surface area (TPSA) is 96.1 Å². The van der Waals surface area contributed by atoms with Gasteiger partial charge in [0.15, 0.2) is 0 Å². The molecule has 0 unspecified atom stereocenters. The molecule has 0 saturated heterocycles. The van der Waals surface area contributed by atoms with Crippen LogP contribution in [0.15, 0.2) is 146 Å². The van der Waals surface area contributed by atoms with E-state index in [2.05, 4.69) is 205 Å². The minimum Gasteiger partial charge on any atom is -0.456 e. The molecule has 82 heavy (non-hydrogen) atoms. The Morgan fingerprint density at radius 3 is 1.01 bits per heavy atom. The summed E-state index contributed by atoms with van der Waals surface area (Å²) < 4.78 is 13.9. The second-order valence-corrected chi connectivity index (χ2v) is 21.9. The van der Waals surface area contributed by atoms with Crippen LogP contribution < -0.4 is 39.7 Å². The number of hydrogen-bond donors (Lipinski definition) is 2. The Bertz CT molecular complexity index is 3250. The third kappa shape index (κ3) is 9.09. The van der Waals surface area contributed by atoms with Gasteiger partial charge in [0.1, 0.15) is 44.1 Å². The van der Waals surface area contributed by atoms with Gasteiger partial charge in [0.05, 0.1) is 0 Å². The predicted molar refractivity (Wildman–Crippen MR) is 341 cm³/mol. The summed E-state index contributed by atoms with van der Waals surface area (Å²) in [6.45, 7) is 25.6. The first-order chi connectivity index (χ1) is 39.9. The van der Waals surface area contributed by atoms with Crippen LogP contribution in [0.25, 0.3) is 0 Å². The first-order valence-corrected chi connectivity index (χ1v) is 30.2. The Kier molecular flexibility index (Phi) is 15.8. The van der Waals surface area contributed by atoms with Crippen LogP contribution >= 0.6 is 24.4 Å². The summed E-state index contributed by atoms with van der Waals surface area (Å²) in [7, 11) is 0. The van der Waals surface area contributed by atoms with Crippen molar-refractivity contribution >= 4 is 69.0 Å². The van der Waals surface area contributed by atoms with Crippen molar-refractivity contribution in [3.8, 4) is 23.0 Å². The first-order valence-electron chi connectivity index (χ1n) is 29.4. The summed E-state index contributed by atoms with van der Waals surface area (Å²) in [6.07, 6.45) is 0. The molecule has 0 aromatic heterocycles.